The van der Waals surface area contributed by atoms with Gasteiger partial charge in [-0.1, -0.05) is 32.0 Å². The van der Waals surface area contributed by atoms with Crippen LogP contribution in [0.25, 0.3) is 0 Å². The lowest BCUT2D eigenvalue weighted by atomic mass is 10.0. The predicted molar refractivity (Wildman–Crippen MR) is 59.2 cm³/mol. The molecule has 1 aromatic rings. The molecule has 0 unspecified atom stereocenters. The van der Waals surface area contributed by atoms with Gasteiger partial charge in [-0.3, -0.25) is 0 Å². The Morgan fingerprint density at radius 1 is 1.64 bits per heavy atom. The molecular formula is C9H18N4S. The van der Waals surface area contributed by atoms with Crippen LogP contribution in [0.5, 0.6) is 0 Å². The molecule has 0 radical (unpaired) electrons. The quantitative estimate of drug-likeness (QED) is 0.750. The van der Waals surface area contributed by atoms with E-state index in [-0.39, 0.29) is 6.04 Å². The van der Waals surface area contributed by atoms with Crippen LogP contribution in [0.1, 0.15) is 20.3 Å². The Morgan fingerprint density at radius 3 is 2.86 bits per heavy atom. The first kappa shape index (κ1) is 11.5. The number of nitrogens with zero attached hydrogens (tertiary/aromatic N) is 3. The Bertz CT molecular complexity index is 274. The average molecular weight is 214 g/mol. The molecule has 0 aliphatic rings. The van der Waals surface area contributed by atoms with Crippen molar-refractivity contribution in [2.75, 3.05) is 5.75 Å². The van der Waals surface area contributed by atoms with E-state index in [2.05, 4.69) is 24.0 Å². The van der Waals surface area contributed by atoms with Gasteiger partial charge in [0.2, 0.25) is 0 Å². The third-order valence-electron chi connectivity index (χ3n) is 2.45. The zero-order chi connectivity index (χ0) is 10.6. The minimum atomic E-state index is 0.238. The fourth-order valence-electron chi connectivity index (χ4n) is 1.04. The highest BCUT2D eigenvalue weighted by molar-refractivity contribution is 7.99. The highest BCUT2D eigenvalue weighted by atomic mass is 32.2. The van der Waals surface area contributed by atoms with Gasteiger partial charge in [0.05, 0.1) is 0 Å². The molecule has 2 atom stereocenters. The summed E-state index contributed by atoms with van der Waals surface area (Å²) >= 11 is 1.67. The maximum atomic E-state index is 6.02. The minimum Gasteiger partial charge on any atom is -0.327 e. The molecule has 5 heteroatoms. The van der Waals surface area contributed by atoms with E-state index in [1.807, 2.05) is 11.6 Å². The van der Waals surface area contributed by atoms with Crippen LogP contribution >= 0.6 is 11.8 Å². The number of hydrogen-bond acceptors (Lipinski definition) is 4. The predicted octanol–water partition coefficient (Wildman–Crippen LogP) is 1.28. The molecule has 1 heterocycles. The molecule has 2 N–H and O–H groups in total. The van der Waals surface area contributed by atoms with Gasteiger partial charge in [0.25, 0.3) is 0 Å². The number of rotatable bonds is 5. The largest absolute Gasteiger partial charge is 0.327 e. The monoisotopic (exact) mass is 214 g/mol. The standard InChI is InChI=1S/C9H18N4S/c1-4-7(2)8(10)5-14-9-12-11-6-13(9)3/h6-8H,4-5,10H2,1-3H3/t7-,8+/m1/s1. The molecule has 0 aliphatic heterocycles. The van der Waals surface area contributed by atoms with Gasteiger partial charge in [0, 0.05) is 18.8 Å². The van der Waals surface area contributed by atoms with Crippen LogP contribution < -0.4 is 5.73 Å². The van der Waals surface area contributed by atoms with Crippen molar-refractivity contribution >= 4 is 11.8 Å². The summed E-state index contributed by atoms with van der Waals surface area (Å²) in [6.07, 6.45) is 2.83. The fraction of sp³-hybridized carbons (Fsp3) is 0.778. The van der Waals surface area contributed by atoms with Crippen LogP contribution in [0.2, 0.25) is 0 Å². The van der Waals surface area contributed by atoms with Crippen LogP contribution in [0.4, 0.5) is 0 Å². The van der Waals surface area contributed by atoms with Crippen molar-refractivity contribution in [3.8, 4) is 0 Å². The van der Waals surface area contributed by atoms with E-state index in [0.29, 0.717) is 5.92 Å². The fourth-order valence-corrected chi connectivity index (χ4v) is 2.07. The Hall–Kier alpha value is -0.550. The van der Waals surface area contributed by atoms with E-state index >= 15 is 0 Å². The average Bonchev–Trinajstić information content (AvgIpc) is 2.59. The van der Waals surface area contributed by atoms with Crippen molar-refractivity contribution in [3.63, 3.8) is 0 Å². The molecule has 0 aliphatic carbocycles. The summed E-state index contributed by atoms with van der Waals surface area (Å²) in [6, 6.07) is 0.238. The summed E-state index contributed by atoms with van der Waals surface area (Å²) in [4.78, 5) is 0. The maximum absolute atomic E-state index is 6.02. The zero-order valence-corrected chi connectivity index (χ0v) is 9.79. The second kappa shape index (κ2) is 5.36. The summed E-state index contributed by atoms with van der Waals surface area (Å²) in [5.74, 6) is 1.47. The van der Waals surface area contributed by atoms with Gasteiger partial charge in [-0.25, -0.2) is 0 Å². The molecule has 0 saturated heterocycles. The molecule has 80 valence electrons. The van der Waals surface area contributed by atoms with Crippen molar-refractivity contribution in [1.29, 1.82) is 0 Å². The summed E-state index contributed by atoms with van der Waals surface area (Å²) in [6.45, 7) is 4.35. The summed E-state index contributed by atoms with van der Waals surface area (Å²) < 4.78 is 1.91. The molecule has 0 fully saturated rings. The number of aromatic nitrogens is 3. The Morgan fingerprint density at radius 2 is 2.36 bits per heavy atom. The van der Waals surface area contributed by atoms with Gasteiger partial charge in [0.15, 0.2) is 5.16 Å². The Balaban J connectivity index is 2.37. The highest BCUT2D eigenvalue weighted by Gasteiger charge is 2.12. The van der Waals surface area contributed by atoms with Crippen molar-refractivity contribution in [2.24, 2.45) is 18.7 Å². The SMILES string of the molecule is CC[C@@H](C)[C@@H](N)CSc1nncn1C. The summed E-state index contributed by atoms with van der Waals surface area (Å²) in [5, 5.41) is 8.74. The molecule has 4 nitrogen and oxygen atoms in total. The second-order valence-corrected chi connectivity index (χ2v) is 4.57. The maximum Gasteiger partial charge on any atom is 0.190 e. The van der Waals surface area contributed by atoms with E-state index in [1.54, 1.807) is 18.1 Å². The Kier molecular flexibility index (Phi) is 4.41. The molecule has 0 bridgehead atoms. The number of hydrogen-bond donors (Lipinski definition) is 1. The molecule has 0 aromatic carbocycles. The molecule has 1 aromatic heterocycles. The van der Waals surface area contributed by atoms with Crippen LogP contribution in [0.3, 0.4) is 0 Å². The topological polar surface area (TPSA) is 56.7 Å². The molecular weight excluding hydrogens is 196 g/mol. The van der Waals surface area contributed by atoms with Gasteiger partial charge >= 0.3 is 0 Å². The second-order valence-electron chi connectivity index (χ2n) is 3.58. The van der Waals surface area contributed by atoms with Crippen molar-refractivity contribution < 1.29 is 0 Å². The normalized spacial score (nSPS) is 15.4. The van der Waals surface area contributed by atoms with Gasteiger partial charge in [0.1, 0.15) is 6.33 Å². The van der Waals surface area contributed by atoms with E-state index < -0.39 is 0 Å². The Labute approximate surface area is 89.3 Å². The van der Waals surface area contributed by atoms with Gasteiger partial charge in [-0.15, -0.1) is 10.2 Å². The molecule has 0 spiro atoms. The van der Waals surface area contributed by atoms with Crippen LogP contribution in [0.15, 0.2) is 11.5 Å². The lowest BCUT2D eigenvalue weighted by Gasteiger charge is -2.16. The first-order chi connectivity index (χ1) is 6.65. The molecule has 0 amide bonds. The molecule has 0 saturated carbocycles. The van der Waals surface area contributed by atoms with E-state index in [9.17, 15) is 0 Å². The molecule has 14 heavy (non-hydrogen) atoms. The summed E-state index contributed by atoms with van der Waals surface area (Å²) in [5.41, 5.74) is 6.02. The lowest BCUT2D eigenvalue weighted by molar-refractivity contribution is 0.475. The number of nitrogens with two attached hydrogens (primary N) is 1. The van der Waals surface area contributed by atoms with Crippen LogP contribution in [-0.2, 0) is 7.05 Å². The van der Waals surface area contributed by atoms with Crippen LogP contribution in [-0.4, -0.2) is 26.6 Å². The first-order valence-electron chi connectivity index (χ1n) is 4.87. The van der Waals surface area contributed by atoms with E-state index in [1.165, 1.54) is 0 Å². The smallest absolute Gasteiger partial charge is 0.190 e. The zero-order valence-electron chi connectivity index (χ0n) is 8.97. The molecule has 1 rings (SSSR count). The minimum absolute atomic E-state index is 0.238. The third-order valence-corrected chi connectivity index (χ3v) is 3.63. The summed E-state index contributed by atoms with van der Waals surface area (Å²) in [7, 11) is 1.94. The number of thioether (sulfide) groups is 1. The van der Waals surface area contributed by atoms with E-state index in [0.717, 1.165) is 17.3 Å². The van der Waals surface area contributed by atoms with Crippen molar-refractivity contribution in [2.45, 2.75) is 31.5 Å². The van der Waals surface area contributed by atoms with Crippen molar-refractivity contribution in [3.05, 3.63) is 6.33 Å². The number of aryl methyl sites for hydroxylation is 1. The highest BCUT2D eigenvalue weighted by Crippen LogP contribution is 2.17. The third kappa shape index (κ3) is 2.99. The van der Waals surface area contributed by atoms with Gasteiger partial charge < -0.3 is 10.3 Å². The van der Waals surface area contributed by atoms with Gasteiger partial charge in [-0.05, 0) is 5.92 Å². The van der Waals surface area contributed by atoms with E-state index in [4.69, 9.17) is 5.73 Å². The first-order valence-corrected chi connectivity index (χ1v) is 5.86. The lowest BCUT2D eigenvalue weighted by Crippen LogP contribution is -2.30. The van der Waals surface area contributed by atoms with Crippen molar-refractivity contribution in [1.82, 2.24) is 14.8 Å². The van der Waals surface area contributed by atoms with Crippen LogP contribution in [0, 0.1) is 5.92 Å². The van der Waals surface area contributed by atoms with Gasteiger partial charge in [-0.2, -0.15) is 0 Å².